The second kappa shape index (κ2) is 9.18. The van der Waals surface area contributed by atoms with Crippen LogP contribution in [0.5, 0.6) is 0 Å². The third-order valence-corrected chi connectivity index (χ3v) is 4.12. The van der Waals surface area contributed by atoms with E-state index < -0.39 is 20.8 Å². The minimum absolute atomic E-state index is 0.126. The van der Waals surface area contributed by atoms with Gasteiger partial charge in [-0.05, 0) is 36.5 Å². The summed E-state index contributed by atoms with van der Waals surface area (Å²) in [5, 5.41) is 18.9. The van der Waals surface area contributed by atoms with Gasteiger partial charge in [0.25, 0.3) is 11.6 Å². The van der Waals surface area contributed by atoms with Crippen LogP contribution in [0.25, 0.3) is 0 Å². The highest BCUT2D eigenvalue weighted by Crippen LogP contribution is 2.29. The Labute approximate surface area is 175 Å². The minimum Gasteiger partial charge on any atom is -0.339 e. The number of hydrogen-bond donors (Lipinski definition) is 3. The van der Waals surface area contributed by atoms with Gasteiger partial charge in [-0.25, -0.2) is 0 Å². The molecule has 0 bridgehead atoms. The molecule has 2 rings (SSSR count). The van der Waals surface area contributed by atoms with Gasteiger partial charge in [0.2, 0.25) is 3.79 Å². The Kier molecular flexibility index (Phi) is 7.20. The molecule has 1 atom stereocenters. The maximum Gasteiger partial charge on any atom is 0.269 e. The Bertz CT molecular complexity index is 829. The van der Waals surface area contributed by atoms with E-state index in [1.165, 1.54) is 24.3 Å². The lowest BCUT2D eigenvalue weighted by molar-refractivity contribution is -0.384. The molecule has 2 aromatic carbocycles. The summed E-state index contributed by atoms with van der Waals surface area (Å²) in [6.07, 6.45) is -1.16. The van der Waals surface area contributed by atoms with Gasteiger partial charge < -0.3 is 16.0 Å². The first kappa shape index (κ1) is 21.2. The number of carbonyl (C=O) groups excluding carboxylic acids is 1. The van der Waals surface area contributed by atoms with Crippen LogP contribution in [0.15, 0.2) is 54.6 Å². The normalized spacial score (nSPS) is 12.0. The van der Waals surface area contributed by atoms with Crippen molar-refractivity contribution in [2.24, 2.45) is 0 Å². The summed E-state index contributed by atoms with van der Waals surface area (Å²) in [7, 11) is 0. The predicted molar refractivity (Wildman–Crippen MR) is 110 cm³/mol. The molecular formula is C16H13Cl3N4O3S. The average Bonchev–Trinajstić information content (AvgIpc) is 2.61. The number of rotatable bonds is 5. The third-order valence-electron chi connectivity index (χ3n) is 3.25. The zero-order valence-electron chi connectivity index (χ0n) is 13.5. The number of alkyl halides is 3. The number of nitro benzene ring substituents is 1. The van der Waals surface area contributed by atoms with Crippen LogP contribution >= 0.6 is 47.0 Å². The topological polar surface area (TPSA) is 96.3 Å². The molecule has 2 aromatic rings. The molecule has 0 unspecified atom stereocenters. The number of thiocarbonyl (C=S) groups is 1. The number of non-ortho nitro benzene ring substituents is 1. The molecule has 27 heavy (non-hydrogen) atoms. The van der Waals surface area contributed by atoms with Crippen molar-refractivity contribution < 1.29 is 9.72 Å². The summed E-state index contributed by atoms with van der Waals surface area (Å²) in [6.45, 7) is 0. The Morgan fingerprint density at radius 3 is 2.15 bits per heavy atom. The summed E-state index contributed by atoms with van der Waals surface area (Å²) in [5.41, 5.74) is 0.721. The number of amides is 1. The SMILES string of the molecule is O=C(N[C@H](NC(=S)Nc1ccccc1)C(Cl)(Cl)Cl)c1ccc([N+](=O)[O-])cc1. The fourth-order valence-corrected chi connectivity index (χ4v) is 2.53. The maximum absolute atomic E-state index is 12.4. The van der Waals surface area contributed by atoms with E-state index in [0.717, 1.165) is 0 Å². The summed E-state index contributed by atoms with van der Waals surface area (Å²) >= 11 is 22.9. The van der Waals surface area contributed by atoms with E-state index in [1.54, 1.807) is 12.1 Å². The van der Waals surface area contributed by atoms with Crippen LogP contribution in [-0.2, 0) is 0 Å². The van der Waals surface area contributed by atoms with Crippen molar-refractivity contribution in [3.05, 3.63) is 70.3 Å². The maximum atomic E-state index is 12.4. The Morgan fingerprint density at radius 1 is 1.04 bits per heavy atom. The van der Waals surface area contributed by atoms with Crippen LogP contribution in [0, 0.1) is 10.1 Å². The molecule has 0 radical (unpaired) electrons. The molecule has 0 aromatic heterocycles. The van der Waals surface area contributed by atoms with E-state index in [0.29, 0.717) is 5.69 Å². The van der Waals surface area contributed by atoms with E-state index in [9.17, 15) is 14.9 Å². The number of para-hydroxylation sites is 1. The molecule has 0 heterocycles. The Hall–Kier alpha value is -2.13. The van der Waals surface area contributed by atoms with Gasteiger partial charge in [-0.3, -0.25) is 14.9 Å². The monoisotopic (exact) mass is 446 g/mol. The molecule has 0 saturated heterocycles. The van der Waals surface area contributed by atoms with Crippen molar-refractivity contribution in [3.8, 4) is 0 Å². The number of anilines is 1. The number of nitrogens with zero attached hydrogens (tertiary/aromatic N) is 1. The van der Waals surface area contributed by atoms with Gasteiger partial charge in [0, 0.05) is 23.4 Å². The zero-order valence-corrected chi connectivity index (χ0v) is 16.6. The standard InChI is InChI=1S/C16H13Cl3N4O3S/c17-16(18,19)14(22-15(27)20-11-4-2-1-3-5-11)21-13(24)10-6-8-12(9-7-10)23(25)26/h1-9,14H,(H,21,24)(H2,20,22,27)/t14-/m1/s1. The number of hydrogen-bond acceptors (Lipinski definition) is 4. The van der Waals surface area contributed by atoms with E-state index in [4.69, 9.17) is 47.0 Å². The molecule has 0 fully saturated rings. The van der Waals surface area contributed by atoms with Crippen molar-refractivity contribution in [2.45, 2.75) is 9.96 Å². The molecule has 0 saturated carbocycles. The Balaban J connectivity index is 2.06. The number of nitro groups is 1. The van der Waals surface area contributed by atoms with E-state index in [1.807, 2.05) is 18.2 Å². The molecule has 0 aliphatic carbocycles. The smallest absolute Gasteiger partial charge is 0.269 e. The van der Waals surface area contributed by atoms with Crippen LogP contribution in [0.2, 0.25) is 0 Å². The van der Waals surface area contributed by atoms with Gasteiger partial charge >= 0.3 is 0 Å². The average molecular weight is 448 g/mol. The Morgan fingerprint density at radius 2 is 1.63 bits per heavy atom. The van der Waals surface area contributed by atoms with Crippen molar-refractivity contribution in [1.29, 1.82) is 0 Å². The molecular weight excluding hydrogens is 435 g/mol. The van der Waals surface area contributed by atoms with Crippen LogP contribution < -0.4 is 16.0 Å². The molecule has 0 spiro atoms. The zero-order chi connectivity index (χ0) is 20.0. The minimum atomic E-state index is -1.92. The highest BCUT2D eigenvalue weighted by molar-refractivity contribution is 7.80. The van der Waals surface area contributed by atoms with Gasteiger partial charge in [0.15, 0.2) is 5.11 Å². The fourth-order valence-electron chi connectivity index (χ4n) is 1.97. The summed E-state index contributed by atoms with van der Waals surface area (Å²) in [4.78, 5) is 22.5. The number of benzene rings is 2. The van der Waals surface area contributed by atoms with Crippen molar-refractivity contribution in [3.63, 3.8) is 0 Å². The predicted octanol–water partition coefficient (Wildman–Crippen LogP) is 4.01. The van der Waals surface area contributed by atoms with E-state index >= 15 is 0 Å². The molecule has 3 N–H and O–H groups in total. The fraction of sp³-hybridized carbons (Fsp3) is 0.125. The van der Waals surface area contributed by atoms with Crippen LogP contribution in [-0.4, -0.2) is 25.9 Å². The highest BCUT2D eigenvalue weighted by atomic mass is 35.6. The van der Waals surface area contributed by atoms with Gasteiger partial charge in [0.05, 0.1) is 4.92 Å². The first-order valence-electron chi connectivity index (χ1n) is 7.41. The van der Waals surface area contributed by atoms with Crippen LogP contribution in [0.3, 0.4) is 0 Å². The largest absolute Gasteiger partial charge is 0.339 e. The lowest BCUT2D eigenvalue weighted by Crippen LogP contribution is -2.56. The van der Waals surface area contributed by atoms with Gasteiger partial charge in [-0.15, -0.1) is 0 Å². The molecule has 11 heteroatoms. The van der Waals surface area contributed by atoms with Gasteiger partial charge in [0.1, 0.15) is 6.17 Å². The number of nitrogens with one attached hydrogen (secondary N) is 3. The first-order valence-corrected chi connectivity index (χ1v) is 8.95. The molecule has 0 aliphatic rings. The van der Waals surface area contributed by atoms with E-state index in [2.05, 4.69) is 16.0 Å². The molecule has 7 nitrogen and oxygen atoms in total. The van der Waals surface area contributed by atoms with Crippen LogP contribution in [0.1, 0.15) is 10.4 Å². The molecule has 0 aliphatic heterocycles. The summed E-state index contributed by atoms with van der Waals surface area (Å²) < 4.78 is -1.92. The first-order chi connectivity index (χ1) is 12.7. The second-order valence-electron chi connectivity index (χ2n) is 5.22. The van der Waals surface area contributed by atoms with Gasteiger partial charge in [-0.1, -0.05) is 53.0 Å². The lowest BCUT2D eigenvalue weighted by atomic mass is 10.2. The van der Waals surface area contributed by atoms with Crippen molar-refractivity contribution in [2.75, 3.05) is 5.32 Å². The number of halogens is 3. The van der Waals surface area contributed by atoms with Crippen molar-refractivity contribution in [1.82, 2.24) is 10.6 Å². The van der Waals surface area contributed by atoms with Crippen LogP contribution in [0.4, 0.5) is 11.4 Å². The van der Waals surface area contributed by atoms with E-state index in [-0.39, 0.29) is 16.4 Å². The highest BCUT2D eigenvalue weighted by Gasteiger charge is 2.35. The quantitative estimate of drug-likeness (QED) is 0.211. The molecule has 142 valence electrons. The van der Waals surface area contributed by atoms with Gasteiger partial charge in [-0.2, -0.15) is 0 Å². The number of carbonyl (C=O) groups is 1. The third kappa shape index (κ3) is 6.51. The lowest BCUT2D eigenvalue weighted by Gasteiger charge is -2.27. The summed E-state index contributed by atoms with van der Waals surface area (Å²) in [6, 6.07) is 14.0. The van der Waals surface area contributed by atoms with Crippen molar-refractivity contribution >= 4 is 69.4 Å². The summed E-state index contributed by atoms with van der Waals surface area (Å²) in [5.74, 6) is -0.601. The molecule has 1 amide bonds. The second-order valence-corrected chi connectivity index (χ2v) is 7.99.